The zero-order valence-electron chi connectivity index (χ0n) is 7.78. The summed E-state index contributed by atoms with van der Waals surface area (Å²) < 4.78 is 5.54. The molecule has 0 atom stereocenters. The number of nitrogens with two attached hydrogens (primary N) is 1. The van der Waals surface area contributed by atoms with E-state index in [4.69, 9.17) is 22.7 Å². The lowest BCUT2D eigenvalue weighted by Gasteiger charge is -2.12. The molecule has 1 aromatic rings. The topological polar surface area (TPSA) is 35.2 Å². The van der Waals surface area contributed by atoms with Crippen LogP contribution in [0.2, 0.25) is 0 Å². The minimum Gasteiger partial charge on any atom is -0.490 e. The van der Waals surface area contributed by atoms with Gasteiger partial charge in [-0.3, -0.25) is 0 Å². The predicted octanol–water partition coefficient (Wildman–Crippen LogP) is 2.11. The van der Waals surface area contributed by atoms with Gasteiger partial charge in [-0.1, -0.05) is 24.4 Å². The fourth-order valence-corrected chi connectivity index (χ4v) is 1.20. The number of para-hydroxylation sites is 1. The summed E-state index contributed by atoms with van der Waals surface area (Å²) in [6.07, 6.45) is 0.135. The van der Waals surface area contributed by atoms with E-state index in [1.165, 1.54) is 0 Å². The summed E-state index contributed by atoms with van der Waals surface area (Å²) in [5.74, 6) is 0.755. The molecule has 13 heavy (non-hydrogen) atoms. The first-order valence-corrected chi connectivity index (χ1v) is 4.57. The standard InChI is InChI=1S/C10H13NOS/c1-7(2)12-9-6-4-3-5-8(9)10(11)13/h3-7H,1-2H3,(H2,11,13). The van der Waals surface area contributed by atoms with Gasteiger partial charge in [-0.15, -0.1) is 0 Å². The molecule has 1 aromatic carbocycles. The third-order valence-electron chi connectivity index (χ3n) is 1.52. The summed E-state index contributed by atoms with van der Waals surface area (Å²) in [6.45, 7) is 3.94. The van der Waals surface area contributed by atoms with Crippen LogP contribution in [-0.4, -0.2) is 11.1 Å². The predicted molar refractivity (Wildman–Crippen MR) is 58.1 cm³/mol. The highest BCUT2D eigenvalue weighted by atomic mass is 32.1. The van der Waals surface area contributed by atoms with Gasteiger partial charge in [0.25, 0.3) is 0 Å². The Hall–Kier alpha value is -1.09. The summed E-state index contributed by atoms with van der Waals surface area (Å²) in [7, 11) is 0. The molecule has 0 aromatic heterocycles. The number of thiocarbonyl (C=S) groups is 1. The lowest BCUT2D eigenvalue weighted by Crippen LogP contribution is -2.14. The van der Waals surface area contributed by atoms with Gasteiger partial charge in [0.05, 0.1) is 11.7 Å². The van der Waals surface area contributed by atoms with E-state index >= 15 is 0 Å². The number of benzene rings is 1. The second-order valence-electron chi connectivity index (χ2n) is 3.03. The Balaban J connectivity index is 2.98. The third kappa shape index (κ3) is 2.70. The molecule has 0 aliphatic heterocycles. The van der Waals surface area contributed by atoms with E-state index in [-0.39, 0.29) is 6.10 Å². The van der Waals surface area contributed by atoms with Crippen LogP contribution in [0.15, 0.2) is 24.3 Å². The van der Waals surface area contributed by atoms with Crippen molar-refractivity contribution in [3.8, 4) is 5.75 Å². The van der Waals surface area contributed by atoms with E-state index in [1.54, 1.807) is 0 Å². The smallest absolute Gasteiger partial charge is 0.129 e. The molecule has 70 valence electrons. The molecule has 0 amide bonds. The Bertz CT molecular complexity index is 310. The van der Waals surface area contributed by atoms with E-state index in [2.05, 4.69) is 0 Å². The lowest BCUT2D eigenvalue weighted by atomic mass is 10.2. The van der Waals surface area contributed by atoms with Crippen molar-refractivity contribution in [2.45, 2.75) is 20.0 Å². The van der Waals surface area contributed by atoms with E-state index in [0.29, 0.717) is 4.99 Å². The van der Waals surface area contributed by atoms with Gasteiger partial charge >= 0.3 is 0 Å². The number of hydrogen-bond donors (Lipinski definition) is 1. The van der Waals surface area contributed by atoms with E-state index in [9.17, 15) is 0 Å². The quantitative estimate of drug-likeness (QED) is 0.750. The van der Waals surface area contributed by atoms with Crippen molar-refractivity contribution in [3.05, 3.63) is 29.8 Å². The summed E-state index contributed by atoms with van der Waals surface area (Å²) in [6, 6.07) is 7.52. The van der Waals surface area contributed by atoms with Gasteiger partial charge in [-0.05, 0) is 26.0 Å². The maximum atomic E-state index is 5.54. The number of rotatable bonds is 3. The molecule has 0 spiro atoms. The number of hydrogen-bond acceptors (Lipinski definition) is 2. The van der Waals surface area contributed by atoms with Crippen LogP contribution in [0.4, 0.5) is 0 Å². The molecule has 2 nitrogen and oxygen atoms in total. The molecule has 0 saturated heterocycles. The summed E-state index contributed by atoms with van der Waals surface area (Å²) in [5.41, 5.74) is 6.34. The van der Waals surface area contributed by atoms with Crippen LogP contribution >= 0.6 is 12.2 Å². The molecule has 1 rings (SSSR count). The van der Waals surface area contributed by atoms with Crippen molar-refractivity contribution in [1.82, 2.24) is 0 Å². The molecule has 3 heteroatoms. The normalized spacial score (nSPS) is 10.1. The van der Waals surface area contributed by atoms with Crippen molar-refractivity contribution in [2.24, 2.45) is 5.73 Å². The summed E-state index contributed by atoms with van der Waals surface area (Å²) >= 11 is 4.90. The lowest BCUT2D eigenvalue weighted by molar-refractivity contribution is 0.242. The average molecular weight is 195 g/mol. The van der Waals surface area contributed by atoms with Gasteiger partial charge in [0.2, 0.25) is 0 Å². The maximum Gasteiger partial charge on any atom is 0.129 e. The fraction of sp³-hybridized carbons (Fsp3) is 0.300. The van der Waals surface area contributed by atoms with E-state index in [0.717, 1.165) is 11.3 Å². The van der Waals surface area contributed by atoms with E-state index in [1.807, 2.05) is 38.1 Å². The molecular weight excluding hydrogens is 182 g/mol. The molecular formula is C10H13NOS. The first kappa shape index (κ1) is 9.99. The Morgan fingerprint density at radius 2 is 2.00 bits per heavy atom. The van der Waals surface area contributed by atoms with Crippen molar-refractivity contribution >= 4 is 17.2 Å². The van der Waals surface area contributed by atoms with Gasteiger partial charge in [-0.25, -0.2) is 0 Å². The van der Waals surface area contributed by atoms with E-state index < -0.39 is 0 Å². The zero-order valence-corrected chi connectivity index (χ0v) is 8.60. The summed E-state index contributed by atoms with van der Waals surface area (Å²) in [4.78, 5) is 0.372. The maximum absolute atomic E-state index is 5.54. The zero-order chi connectivity index (χ0) is 9.84. The van der Waals surface area contributed by atoms with Crippen molar-refractivity contribution < 1.29 is 4.74 Å². The largest absolute Gasteiger partial charge is 0.490 e. The fourth-order valence-electron chi connectivity index (χ4n) is 1.03. The highest BCUT2D eigenvalue weighted by Gasteiger charge is 2.05. The van der Waals surface area contributed by atoms with Crippen LogP contribution in [0, 0.1) is 0 Å². The molecule has 0 saturated carbocycles. The van der Waals surface area contributed by atoms with Gasteiger partial charge < -0.3 is 10.5 Å². The Kier molecular flexibility index (Phi) is 3.25. The first-order valence-electron chi connectivity index (χ1n) is 4.16. The van der Waals surface area contributed by atoms with Crippen LogP contribution < -0.4 is 10.5 Å². The molecule has 0 aliphatic rings. The highest BCUT2D eigenvalue weighted by Crippen LogP contribution is 2.18. The Labute approximate surface area is 83.7 Å². The molecule has 0 heterocycles. The monoisotopic (exact) mass is 195 g/mol. The first-order chi connectivity index (χ1) is 6.11. The van der Waals surface area contributed by atoms with Crippen LogP contribution in [0.25, 0.3) is 0 Å². The third-order valence-corrected chi connectivity index (χ3v) is 1.74. The minimum absolute atomic E-state index is 0.135. The van der Waals surface area contributed by atoms with Crippen LogP contribution in [0.5, 0.6) is 5.75 Å². The Morgan fingerprint density at radius 3 is 2.54 bits per heavy atom. The van der Waals surface area contributed by atoms with Gasteiger partial charge in [0.1, 0.15) is 10.7 Å². The Morgan fingerprint density at radius 1 is 1.38 bits per heavy atom. The van der Waals surface area contributed by atoms with Gasteiger partial charge in [-0.2, -0.15) is 0 Å². The SMILES string of the molecule is CC(C)Oc1ccccc1C(N)=S. The van der Waals surface area contributed by atoms with Gasteiger partial charge in [0.15, 0.2) is 0 Å². The molecule has 0 unspecified atom stereocenters. The molecule has 0 fully saturated rings. The van der Waals surface area contributed by atoms with Crippen LogP contribution in [0.1, 0.15) is 19.4 Å². The highest BCUT2D eigenvalue weighted by molar-refractivity contribution is 7.80. The number of ether oxygens (including phenoxy) is 1. The van der Waals surface area contributed by atoms with Gasteiger partial charge in [0, 0.05) is 0 Å². The minimum atomic E-state index is 0.135. The van der Waals surface area contributed by atoms with Crippen molar-refractivity contribution in [1.29, 1.82) is 0 Å². The molecule has 2 N–H and O–H groups in total. The molecule has 0 radical (unpaired) electrons. The van der Waals surface area contributed by atoms with Crippen LogP contribution in [-0.2, 0) is 0 Å². The molecule has 0 bridgehead atoms. The van der Waals surface area contributed by atoms with Crippen LogP contribution in [0.3, 0.4) is 0 Å². The second kappa shape index (κ2) is 4.23. The molecule has 0 aliphatic carbocycles. The second-order valence-corrected chi connectivity index (χ2v) is 3.47. The van der Waals surface area contributed by atoms with Crippen molar-refractivity contribution in [2.75, 3.05) is 0 Å². The average Bonchev–Trinajstić information content (AvgIpc) is 2.03. The van der Waals surface area contributed by atoms with Crippen molar-refractivity contribution in [3.63, 3.8) is 0 Å². The summed E-state index contributed by atoms with van der Waals surface area (Å²) in [5, 5.41) is 0.